The van der Waals surface area contributed by atoms with Gasteiger partial charge in [-0.2, -0.15) is 5.10 Å². The van der Waals surface area contributed by atoms with E-state index in [-0.39, 0.29) is 5.84 Å². The lowest BCUT2D eigenvalue weighted by atomic mass is 10.2. The highest BCUT2D eigenvalue weighted by molar-refractivity contribution is 6.36. The summed E-state index contributed by atoms with van der Waals surface area (Å²) >= 11 is 6.22. The monoisotopic (exact) mass is 278 g/mol. The number of halogens is 1. The maximum absolute atomic E-state index is 7.47. The van der Waals surface area contributed by atoms with Gasteiger partial charge in [-0.05, 0) is 6.07 Å². The first kappa shape index (κ1) is 13.4. The smallest absolute Gasteiger partial charge is 0.148 e. The highest BCUT2D eigenvalue weighted by atomic mass is 35.5. The zero-order valence-electron chi connectivity index (χ0n) is 10.8. The minimum absolute atomic E-state index is 0.0663. The van der Waals surface area contributed by atoms with Gasteiger partial charge >= 0.3 is 0 Å². The first-order valence-corrected chi connectivity index (χ1v) is 6.04. The largest absolute Gasteiger partial charge is 0.384 e. The zero-order chi connectivity index (χ0) is 14.0. The van der Waals surface area contributed by atoms with Gasteiger partial charge in [-0.3, -0.25) is 10.1 Å². The van der Waals surface area contributed by atoms with Gasteiger partial charge in [0.1, 0.15) is 11.7 Å². The molecule has 0 fully saturated rings. The van der Waals surface area contributed by atoms with Gasteiger partial charge in [-0.1, -0.05) is 11.6 Å². The predicted molar refractivity (Wildman–Crippen MR) is 75.6 cm³/mol. The summed E-state index contributed by atoms with van der Waals surface area (Å²) in [5.74, 6) is 0.529. The standard InChI is InChI=1S/C12H15ClN6/c1-18(6-8-5-17-19(2)7-8)12-10(13)9(11(14)15)3-4-16-12/h3-5,7H,6H2,1-2H3,(H3,14,15). The van der Waals surface area contributed by atoms with E-state index in [2.05, 4.69) is 10.1 Å². The average Bonchev–Trinajstić information content (AvgIpc) is 2.74. The first-order chi connectivity index (χ1) is 8.99. The number of hydrogen-bond donors (Lipinski definition) is 2. The summed E-state index contributed by atoms with van der Waals surface area (Å²) in [6.45, 7) is 0.627. The van der Waals surface area contributed by atoms with E-state index >= 15 is 0 Å². The lowest BCUT2D eigenvalue weighted by Crippen LogP contribution is -2.20. The van der Waals surface area contributed by atoms with Crippen molar-refractivity contribution in [1.82, 2.24) is 14.8 Å². The highest BCUT2D eigenvalue weighted by Crippen LogP contribution is 2.26. The zero-order valence-corrected chi connectivity index (χ0v) is 11.5. The van der Waals surface area contributed by atoms with Crippen molar-refractivity contribution in [3.8, 4) is 0 Å². The molecule has 0 bridgehead atoms. The van der Waals surface area contributed by atoms with Crippen molar-refractivity contribution in [2.24, 2.45) is 12.8 Å². The SMILES string of the molecule is CN(Cc1cnn(C)c1)c1nccc(C(=N)N)c1Cl. The number of hydrogen-bond acceptors (Lipinski definition) is 4. The molecule has 0 spiro atoms. The summed E-state index contributed by atoms with van der Waals surface area (Å²) in [5, 5.41) is 12.0. The molecule has 0 aromatic carbocycles. The molecule has 0 atom stereocenters. The van der Waals surface area contributed by atoms with Crippen LogP contribution in [-0.4, -0.2) is 27.6 Å². The Morgan fingerprint density at radius 1 is 1.58 bits per heavy atom. The van der Waals surface area contributed by atoms with Gasteiger partial charge in [0.25, 0.3) is 0 Å². The second-order valence-corrected chi connectivity index (χ2v) is 4.67. The van der Waals surface area contributed by atoms with Gasteiger partial charge in [0.2, 0.25) is 0 Å². The Hall–Kier alpha value is -2.08. The summed E-state index contributed by atoms with van der Waals surface area (Å²) in [6.07, 6.45) is 5.32. The van der Waals surface area contributed by atoms with Gasteiger partial charge < -0.3 is 10.6 Å². The molecular weight excluding hydrogens is 264 g/mol. The molecule has 0 aliphatic rings. The maximum Gasteiger partial charge on any atom is 0.148 e. The van der Waals surface area contributed by atoms with E-state index in [0.29, 0.717) is 22.9 Å². The number of rotatable bonds is 4. The van der Waals surface area contributed by atoms with Crippen molar-refractivity contribution in [3.63, 3.8) is 0 Å². The third-order valence-electron chi connectivity index (χ3n) is 2.70. The Kier molecular flexibility index (Phi) is 3.71. The van der Waals surface area contributed by atoms with Crippen molar-refractivity contribution in [3.05, 3.63) is 40.8 Å². The summed E-state index contributed by atoms with van der Waals surface area (Å²) < 4.78 is 1.74. The van der Waals surface area contributed by atoms with Crippen molar-refractivity contribution < 1.29 is 0 Å². The lowest BCUT2D eigenvalue weighted by molar-refractivity contribution is 0.766. The number of pyridine rings is 1. The Bertz CT molecular complexity index is 606. The number of nitrogens with two attached hydrogens (primary N) is 1. The topological polar surface area (TPSA) is 83.8 Å². The van der Waals surface area contributed by atoms with Crippen LogP contribution < -0.4 is 10.6 Å². The molecule has 2 aromatic heterocycles. The molecule has 0 amide bonds. The molecule has 7 heteroatoms. The molecular formula is C12H15ClN6. The van der Waals surface area contributed by atoms with Gasteiger partial charge in [-0.25, -0.2) is 4.98 Å². The van der Waals surface area contributed by atoms with Gasteiger partial charge in [0.15, 0.2) is 0 Å². The quantitative estimate of drug-likeness (QED) is 0.654. The van der Waals surface area contributed by atoms with Crippen LogP contribution in [0.2, 0.25) is 5.02 Å². The summed E-state index contributed by atoms with van der Waals surface area (Å²) in [7, 11) is 3.75. The molecule has 2 heterocycles. The van der Waals surface area contributed by atoms with Crippen LogP contribution in [0.5, 0.6) is 0 Å². The summed E-state index contributed by atoms with van der Waals surface area (Å²) in [4.78, 5) is 6.13. The van der Waals surface area contributed by atoms with Gasteiger partial charge in [-0.15, -0.1) is 0 Å². The highest BCUT2D eigenvalue weighted by Gasteiger charge is 2.14. The first-order valence-electron chi connectivity index (χ1n) is 5.66. The van der Waals surface area contributed by atoms with Crippen LogP contribution in [0.25, 0.3) is 0 Å². The van der Waals surface area contributed by atoms with Crippen LogP contribution in [-0.2, 0) is 13.6 Å². The van der Waals surface area contributed by atoms with Crippen LogP contribution in [0.3, 0.4) is 0 Å². The van der Waals surface area contributed by atoms with Crippen molar-refractivity contribution >= 4 is 23.3 Å². The number of nitrogen functional groups attached to an aromatic ring is 1. The lowest BCUT2D eigenvalue weighted by Gasteiger charge is -2.19. The fourth-order valence-electron chi connectivity index (χ4n) is 1.81. The summed E-state index contributed by atoms with van der Waals surface area (Å²) in [5.41, 5.74) is 7.02. The molecule has 3 N–H and O–H groups in total. The molecule has 0 radical (unpaired) electrons. The van der Waals surface area contributed by atoms with Crippen LogP contribution in [0.1, 0.15) is 11.1 Å². The molecule has 6 nitrogen and oxygen atoms in total. The minimum Gasteiger partial charge on any atom is -0.384 e. The van der Waals surface area contributed by atoms with Crippen molar-refractivity contribution in [2.75, 3.05) is 11.9 Å². The Morgan fingerprint density at radius 3 is 2.89 bits per heavy atom. The number of aromatic nitrogens is 3. The van der Waals surface area contributed by atoms with Crippen molar-refractivity contribution in [2.45, 2.75) is 6.54 Å². The molecule has 2 rings (SSSR count). The molecule has 0 unspecified atom stereocenters. The van der Waals surface area contributed by atoms with E-state index in [9.17, 15) is 0 Å². The number of nitrogens with zero attached hydrogens (tertiary/aromatic N) is 4. The van der Waals surface area contributed by atoms with E-state index in [0.717, 1.165) is 5.56 Å². The van der Waals surface area contributed by atoms with Gasteiger partial charge in [0, 0.05) is 44.2 Å². The number of nitrogens with one attached hydrogen (secondary N) is 1. The molecule has 19 heavy (non-hydrogen) atoms. The van der Waals surface area contributed by atoms with E-state index in [1.54, 1.807) is 23.1 Å². The van der Waals surface area contributed by atoms with Crippen LogP contribution in [0.15, 0.2) is 24.7 Å². The van der Waals surface area contributed by atoms with Crippen LogP contribution in [0, 0.1) is 5.41 Å². The molecule has 0 aliphatic heterocycles. The molecule has 2 aromatic rings. The second-order valence-electron chi connectivity index (χ2n) is 4.29. The van der Waals surface area contributed by atoms with E-state index < -0.39 is 0 Å². The number of aryl methyl sites for hydroxylation is 1. The van der Waals surface area contributed by atoms with Crippen LogP contribution in [0.4, 0.5) is 5.82 Å². The second kappa shape index (κ2) is 5.27. The molecule has 100 valence electrons. The Labute approximate surface area is 116 Å². The van der Waals surface area contributed by atoms with E-state index in [1.165, 1.54) is 0 Å². The van der Waals surface area contributed by atoms with Crippen molar-refractivity contribution in [1.29, 1.82) is 5.41 Å². The maximum atomic E-state index is 7.47. The fraction of sp³-hybridized carbons (Fsp3) is 0.250. The van der Waals surface area contributed by atoms with E-state index in [4.69, 9.17) is 22.7 Å². The normalized spacial score (nSPS) is 10.5. The molecule has 0 saturated carbocycles. The molecule has 0 aliphatic carbocycles. The van der Waals surface area contributed by atoms with Crippen LogP contribution >= 0.6 is 11.6 Å². The third kappa shape index (κ3) is 2.85. The number of anilines is 1. The van der Waals surface area contributed by atoms with Gasteiger partial charge in [0.05, 0.1) is 11.2 Å². The average molecular weight is 279 g/mol. The fourth-order valence-corrected chi connectivity index (χ4v) is 2.17. The Balaban J connectivity index is 2.26. The third-order valence-corrected chi connectivity index (χ3v) is 3.07. The number of amidine groups is 1. The van der Waals surface area contributed by atoms with E-state index in [1.807, 2.05) is 25.2 Å². The Morgan fingerprint density at radius 2 is 2.32 bits per heavy atom. The predicted octanol–water partition coefficient (Wildman–Crippen LogP) is 1.39. The minimum atomic E-state index is -0.0663. The summed E-state index contributed by atoms with van der Waals surface area (Å²) in [6, 6.07) is 1.63. The molecule has 0 saturated heterocycles.